The number of carbonyl (C=O) groups is 2. The summed E-state index contributed by atoms with van der Waals surface area (Å²) < 4.78 is 70.8. The quantitative estimate of drug-likeness (QED) is 0.259. The first kappa shape index (κ1) is 34.1. The number of aromatic amines is 1. The predicted molar refractivity (Wildman–Crippen MR) is 150 cm³/mol. The molecule has 11 nitrogen and oxygen atoms in total. The van der Waals surface area contributed by atoms with Gasteiger partial charge in [-0.3, -0.25) is 9.69 Å². The lowest BCUT2D eigenvalue weighted by Crippen LogP contribution is -2.35. The molecule has 2 aliphatic rings. The van der Waals surface area contributed by atoms with Crippen LogP contribution in [-0.2, 0) is 20.9 Å². The third-order valence-electron chi connectivity index (χ3n) is 6.77. The lowest BCUT2D eigenvalue weighted by molar-refractivity contribution is -0.193. The van der Waals surface area contributed by atoms with Gasteiger partial charge in [0.05, 0.1) is 36.0 Å². The topological polar surface area (TPSA) is 151 Å². The van der Waals surface area contributed by atoms with Crippen LogP contribution < -0.4 is 5.56 Å². The van der Waals surface area contributed by atoms with Gasteiger partial charge in [-0.25, -0.2) is 19.3 Å². The standard InChI is InChI=1S/C25H25N5O2.2C2HF3O2/c31-25-22-7-6-19(13-23(22)27-24(28-25)18-4-5-18)20-14-26-30(16-20)21-3-1-2-17(12-21)15-29-8-10-32-11-9-29;2*3-2(4,5)1(6)7/h1-3,6-7,12-14,16,18H,4-5,8-11,15H2,(H,27,28,31);2*(H,6,7). The number of H-pyrrole nitrogens is 1. The minimum Gasteiger partial charge on any atom is -0.475 e. The first-order valence-electron chi connectivity index (χ1n) is 13.7. The van der Waals surface area contributed by atoms with Crippen molar-refractivity contribution >= 4 is 22.8 Å². The Morgan fingerprint density at radius 1 is 0.935 bits per heavy atom. The van der Waals surface area contributed by atoms with Crippen LogP contribution >= 0.6 is 0 Å². The van der Waals surface area contributed by atoms with Crippen LogP contribution in [0.2, 0.25) is 0 Å². The first-order chi connectivity index (χ1) is 21.6. The van der Waals surface area contributed by atoms with E-state index >= 15 is 0 Å². The van der Waals surface area contributed by atoms with Crippen molar-refractivity contribution in [2.75, 3.05) is 26.3 Å². The molecule has 3 N–H and O–H groups in total. The number of morpholine rings is 1. The second-order valence-corrected chi connectivity index (χ2v) is 10.3. The summed E-state index contributed by atoms with van der Waals surface area (Å²) in [5.41, 5.74) is 5.00. The van der Waals surface area contributed by atoms with Crippen LogP contribution in [0.25, 0.3) is 27.7 Å². The molecule has 1 saturated carbocycles. The van der Waals surface area contributed by atoms with Crippen molar-refractivity contribution in [3.8, 4) is 16.8 Å². The molecule has 1 saturated heterocycles. The number of rotatable bonds is 5. The average molecular weight is 656 g/mol. The van der Waals surface area contributed by atoms with Crippen LogP contribution in [-0.4, -0.2) is 85.5 Å². The third-order valence-corrected chi connectivity index (χ3v) is 6.77. The van der Waals surface area contributed by atoms with E-state index in [0.717, 1.165) is 73.8 Å². The fraction of sp³-hybridized carbons (Fsp3) is 0.345. The Morgan fingerprint density at radius 3 is 2.15 bits per heavy atom. The second-order valence-electron chi connectivity index (χ2n) is 10.3. The number of hydrogen-bond donors (Lipinski definition) is 3. The summed E-state index contributed by atoms with van der Waals surface area (Å²) in [6, 6.07) is 14.3. The number of carboxylic acids is 2. The largest absolute Gasteiger partial charge is 0.490 e. The molecule has 2 fully saturated rings. The lowest BCUT2D eigenvalue weighted by atomic mass is 10.1. The highest BCUT2D eigenvalue weighted by Crippen LogP contribution is 2.38. The molecule has 1 aliphatic heterocycles. The Hall–Kier alpha value is -4.77. The summed E-state index contributed by atoms with van der Waals surface area (Å²) in [5.74, 6) is -4.30. The number of ether oxygens (including phenoxy) is 1. The van der Waals surface area contributed by atoms with E-state index in [1.165, 1.54) is 5.56 Å². The van der Waals surface area contributed by atoms with Crippen molar-refractivity contribution in [1.82, 2.24) is 24.6 Å². The molecule has 46 heavy (non-hydrogen) atoms. The van der Waals surface area contributed by atoms with E-state index in [4.69, 9.17) is 29.5 Å². The zero-order valence-corrected chi connectivity index (χ0v) is 23.8. The molecule has 1 aliphatic carbocycles. The SMILES string of the molecule is O=C(O)C(F)(F)F.O=C(O)C(F)(F)F.O=c1[nH]c(C2CC2)nc2cc(-c3cnn(-c4cccc(CN5CCOCC5)c4)c3)ccc12. The highest BCUT2D eigenvalue weighted by Gasteiger charge is 2.38. The fourth-order valence-electron chi connectivity index (χ4n) is 4.32. The van der Waals surface area contributed by atoms with E-state index < -0.39 is 24.3 Å². The maximum atomic E-state index is 12.4. The van der Waals surface area contributed by atoms with Crippen LogP contribution in [0, 0.1) is 0 Å². The van der Waals surface area contributed by atoms with E-state index in [0.29, 0.717) is 11.3 Å². The first-order valence-corrected chi connectivity index (χ1v) is 13.7. The molecule has 4 aromatic rings. The molecule has 246 valence electrons. The zero-order valence-electron chi connectivity index (χ0n) is 23.8. The van der Waals surface area contributed by atoms with Gasteiger partial charge in [0.2, 0.25) is 0 Å². The van der Waals surface area contributed by atoms with Crippen LogP contribution in [0.5, 0.6) is 0 Å². The minimum atomic E-state index is -5.08. The number of aliphatic carboxylic acids is 2. The molecule has 0 atom stereocenters. The molecule has 0 bridgehead atoms. The highest BCUT2D eigenvalue weighted by molar-refractivity contribution is 5.83. The predicted octanol–water partition coefficient (Wildman–Crippen LogP) is 4.75. The summed E-state index contributed by atoms with van der Waals surface area (Å²) in [7, 11) is 0. The summed E-state index contributed by atoms with van der Waals surface area (Å²) in [6.07, 6.45) is -4.06. The second kappa shape index (κ2) is 14.1. The van der Waals surface area contributed by atoms with Crippen molar-refractivity contribution in [1.29, 1.82) is 0 Å². The van der Waals surface area contributed by atoms with E-state index in [2.05, 4.69) is 39.2 Å². The van der Waals surface area contributed by atoms with Gasteiger partial charge in [0.15, 0.2) is 0 Å². The van der Waals surface area contributed by atoms with E-state index in [9.17, 15) is 31.1 Å². The number of nitrogens with one attached hydrogen (secondary N) is 1. The van der Waals surface area contributed by atoms with Crippen LogP contribution in [0.3, 0.4) is 0 Å². The minimum absolute atomic E-state index is 0.0590. The van der Waals surface area contributed by atoms with Crippen LogP contribution in [0.15, 0.2) is 59.7 Å². The Balaban J connectivity index is 0.000000289. The number of hydrogen-bond acceptors (Lipinski definition) is 7. The summed E-state index contributed by atoms with van der Waals surface area (Å²) in [4.78, 5) is 40.3. The fourth-order valence-corrected chi connectivity index (χ4v) is 4.32. The zero-order chi connectivity index (χ0) is 33.6. The van der Waals surface area contributed by atoms with Gasteiger partial charge in [-0.2, -0.15) is 31.4 Å². The Morgan fingerprint density at radius 2 is 1.57 bits per heavy atom. The number of carboxylic acid groups (broad SMARTS) is 2. The summed E-state index contributed by atoms with van der Waals surface area (Å²) in [5, 5.41) is 19.5. The molecule has 2 aromatic heterocycles. The number of aromatic nitrogens is 4. The Kier molecular flexibility index (Phi) is 10.5. The van der Waals surface area contributed by atoms with Gasteiger partial charge in [0.25, 0.3) is 5.56 Å². The van der Waals surface area contributed by atoms with Gasteiger partial charge in [-0.05, 0) is 48.2 Å². The highest BCUT2D eigenvalue weighted by atomic mass is 19.4. The number of alkyl halides is 6. The van der Waals surface area contributed by atoms with Gasteiger partial charge >= 0.3 is 24.3 Å². The molecule has 0 radical (unpaired) electrons. The van der Waals surface area contributed by atoms with Crippen LogP contribution in [0.4, 0.5) is 26.3 Å². The molecular formula is C29H27F6N5O6. The molecule has 2 aromatic carbocycles. The third kappa shape index (κ3) is 9.37. The molecule has 0 unspecified atom stereocenters. The van der Waals surface area contributed by atoms with Crippen molar-refractivity contribution < 1.29 is 50.9 Å². The lowest BCUT2D eigenvalue weighted by Gasteiger charge is -2.26. The number of nitrogens with zero attached hydrogens (tertiary/aromatic N) is 4. The Bertz CT molecular complexity index is 1720. The van der Waals surface area contributed by atoms with E-state index in [1.807, 2.05) is 35.3 Å². The van der Waals surface area contributed by atoms with Crippen molar-refractivity contribution in [2.45, 2.75) is 37.7 Å². The maximum absolute atomic E-state index is 12.4. The molecule has 17 heteroatoms. The number of halogens is 6. The molecule has 3 heterocycles. The van der Waals surface area contributed by atoms with Gasteiger partial charge in [0, 0.05) is 37.3 Å². The van der Waals surface area contributed by atoms with Crippen molar-refractivity contribution in [3.63, 3.8) is 0 Å². The molecule has 6 rings (SSSR count). The maximum Gasteiger partial charge on any atom is 0.490 e. The van der Waals surface area contributed by atoms with E-state index in [-0.39, 0.29) is 5.56 Å². The van der Waals surface area contributed by atoms with Gasteiger partial charge in [-0.15, -0.1) is 0 Å². The van der Waals surface area contributed by atoms with Gasteiger partial charge in [0.1, 0.15) is 5.82 Å². The monoisotopic (exact) mass is 655 g/mol. The van der Waals surface area contributed by atoms with Gasteiger partial charge in [-0.1, -0.05) is 18.2 Å². The summed E-state index contributed by atoms with van der Waals surface area (Å²) in [6.45, 7) is 4.46. The van der Waals surface area contributed by atoms with Crippen molar-refractivity contribution in [2.24, 2.45) is 0 Å². The molecule has 0 spiro atoms. The van der Waals surface area contributed by atoms with Crippen LogP contribution in [0.1, 0.15) is 30.1 Å². The number of fused-ring (bicyclic) bond motifs is 1. The number of benzene rings is 2. The van der Waals surface area contributed by atoms with Gasteiger partial charge < -0.3 is 19.9 Å². The average Bonchev–Trinajstić information content (AvgIpc) is 3.73. The Labute approximate surface area is 256 Å². The smallest absolute Gasteiger partial charge is 0.475 e. The molecular weight excluding hydrogens is 628 g/mol. The van der Waals surface area contributed by atoms with Crippen molar-refractivity contribution in [3.05, 3.63) is 76.6 Å². The normalized spacial score (nSPS) is 15.3. The molecule has 0 amide bonds. The summed E-state index contributed by atoms with van der Waals surface area (Å²) >= 11 is 0. The van der Waals surface area contributed by atoms with E-state index in [1.54, 1.807) is 0 Å².